The van der Waals surface area contributed by atoms with Gasteiger partial charge >= 0.3 is 0 Å². The van der Waals surface area contributed by atoms with Crippen molar-refractivity contribution in [1.29, 1.82) is 0 Å². The molecule has 3 heteroatoms. The number of nitrogens with zero attached hydrogens (tertiary/aromatic N) is 1. The van der Waals surface area contributed by atoms with E-state index in [1.54, 1.807) is 0 Å². The van der Waals surface area contributed by atoms with Crippen molar-refractivity contribution < 1.29 is 0 Å². The fraction of sp³-hybridized carbons (Fsp3) is 0.238. The molecule has 1 aliphatic rings. The van der Waals surface area contributed by atoms with Crippen LogP contribution in [0.5, 0.6) is 0 Å². The van der Waals surface area contributed by atoms with Gasteiger partial charge in [-0.15, -0.1) is 0 Å². The van der Waals surface area contributed by atoms with Gasteiger partial charge in [-0.05, 0) is 30.7 Å². The average molecular weight is 315 g/mol. The molecule has 24 heavy (non-hydrogen) atoms. The molecular weight excluding hydrogens is 294 g/mol. The lowest BCUT2D eigenvalue weighted by Crippen LogP contribution is -2.35. The Morgan fingerprint density at radius 1 is 1.00 bits per heavy atom. The molecule has 0 saturated heterocycles. The number of hydrogen-bond donors (Lipinski definition) is 2. The van der Waals surface area contributed by atoms with Crippen molar-refractivity contribution in [2.75, 3.05) is 13.1 Å². The van der Waals surface area contributed by atoms with Crippen molar-refractivity contribution in [2.45, 2.75) is 19.4 Å². The molecule has 0 saturated carbocycles. The van der Waals surface area contributed by atoms with E-state index in [0.29, 0.717) is 6.04 Å². The second-order valence-corrected chi connectivity index (χ2v) is 6.63. The van der Waals surface area contributed by atoms with Crippen molar-refractivity contribution in [3.05, 3.63) is 71.5 Å². The van der Waals surface area contributed by atoms with E-state index in [2.05, 4.69) is 76.5 Å². The van der Waals surface area contributed by atoms with E-state index in [-0.39, 0.29) is 0 Å². The Labute approximate surface area is 141 Å². The number of rotatable bonds is 2. The molecule has 1 aliphatic heterocycles. The monoisotopic (exact) mass is 315 g/mol. The van der Waals surface area contributed by atoms with E-state index < -0.39 is 0 Å². The zero-order valence-electron chi connectivity index (χ0n) is 13.8. The molecule has 0 aliphatic carbocycles. The molecule has 2 aromatic heterocycles. The van der Waals surface area contributed by atoms with E-state index >= 15 is 0 Å². The smallest absolute Gasteiger partial charge is 0.0778 e. The van der Waals surface area contributed by atoms with E-state index in [9.17, 15) is 0 Å². The van der Waals surface area contributed by atoms with Crippen LogP contribution in [-0.4, -0.2) is 28.0 Å². The zero-order chi connectivity index (χ0) is 16.1. The Morgan fingerprint density at radius 2 is 1.75 bits per heavy atom. The van der Waals surface area contributed by atoms with E-state index in [0.717, 1.165) is 19.5 Å². The minimum atomic E-state index is 0.294. The molecule has 0 radical (unpaired) electrons. The Morgan fingerprint density at radius 3 is 2.58 bits per heavy atom. The fourth-order valence-electron chi connectivity index (χ4n) is 4.30. The summed E-state index contributed by atoms with van der Waals surface area (Å²) in [5.41, 5.74) is 6.71. The van der Waals surface area contributed by atoms with Crippen molar-refractivity contribution in [3.63, 3.8) is 0 Å². The van der Waals surface area contributed by atoms with Crippen molar-refractivity contribution in [1.82, 2.24) is 14.9 Å². The normalized spacial score (nSPS) is 18.3. The summed E-state index contributed by atoms with van der Waals surface area (Å²) < 4.78 is 0. The maximum absolute atomic E-state index is 3.73. The molecule has 3 nitrogen and oxygen atoms in total. The second-order valence-electron chi connectivity index (χ2n) is 6.63. The van der Waals surface area contributed by atoms with Gasteiger partial charge in [0.15, 0.2) is 0 Å². The predicted molar refractivity (Wildman–Crippen MR) is 99.4 cm³/mol. The molecule has 2 N–H and O–H groups in total. The number of H-pyrrole nitrogens is 2. The van der Waals surface area contributed by atoms with Gasteiger partial charge in [-0.2, -0.15) is 0 Å². The summed E-state index contributed by atoms with van der Waals surface area (Å²) in [7, 11) is 0. The molecule has 1 unspecified atom stereocenters. The van der Waals surface area contributed by atoms with Gasteiger partial charge in [-0.3, -0.25) is 4.90 Å². The Kier molecular flexibility index (Phi) is 3.03. The summed E-state index contributed by atoms with van der Waals surface area (Å²) in [4.78, 5) is 9.76. The van der Waals surface area contributed by atoms with Crippen molar-refractivity contribution in [3.8, 4) is 0 Å². The fourth-order valence-corrected chi connectivity index (χ4v) is 4.30. The molecule has 1 atom stereocenters. The SMILES string of the molecule is CCN1CCc2c([nH]c3ccccc23)C1c1c[nH]c2ccccc12. The van der Waals surface area contributed by atoms with E-state index in [1.807, 2.05) is 0 Å². The number of nitrogens with one attached hydrogen (secondary N) is 2. The van der Waals surface area contributed by atoms with Crippen LogP contribution in [-0.2, 0) is 6.42 Å². The highest BCUT2D eigenvalue weighted by Crippen LogP contribution is 2.40. The van der Waals surface area contributed by atoms with Crippen LogP contribution in [0.25, 0.3) is 21.8 Å². The first-order chi connectivity index (χ1) is 11.9. The van der Waals surface area contributed by atoms with Crippen LogP contribution in [0.3, 0.4) is 0 Å². The summed E-state index contributed by atoms with van der Waals surface area (Å²) >= 11 is 0. The predicted octanol–water partition coefficient (Wildman–Crippen LogP) is 4.62. The van der Waals surface area contributed by atoms with Gasteiger partial charge in [0.25, 0.3) is 0 Å². The molecule has 3 heterocycles. The third-order valence-electron chi connectivity index (χ3n) is 5.46. The lowest BCUT2D eigenvalue weighted by molar-refractivity contribution is 0.223. The number of likely N-dealkylation sites (N-methyl/N-ethyl adjacent to an activating group) is 1. The Bertz CT molecular complexity index is 1020. The van der Waals surface area contributed by atoms with E-state index in [4.69, 9.17) is 0 Å². The van der Waals surface area contributed by atoms with Crippen molar-refractivity contribution >= 4 is 21.8 Å². The van der Waals surface area contributed by atoms with Crippen LogP contribution in [0.15, 0.2) is 54.7 Å². The Balaban J connectivity index is 1.77. The van der Waals surface area contributed by atoms with Crippen LogP contribution in [0, 0.1) is 0 Å². The Hall–Kier alpha value is -2.52. The highest BCUT2D eigenvalue weighted by atomic mass is 15.2. The van der Waals surface area contributed by atoms with Crippen LogP contribution in [0.2, 0.25) is 0 Å². The molecule has 2 aromatic carbocycles. The third kappa shape index (κ3) is 1.88. The summed E-state index contributed by atoms with van der Waals surface area (Å²) in [6.07, 6.45) is 3.31. The summed E-state index contributed by atoms with van der Waals surface area (Å²) in [6, 6.07) is 17.6. The molecule has 0 amide bonds. The lowest BCUT2D eigenvalue weighted by atomic mass is 9.92. The van der Waals surface area contributed by atoms with Crippen molar-refractivity contribution in [2.24, 2.45) is 0 Å². The number of aromatic amines is 2. The number of hydrogen-bond acceptors (Lipinski definition) is 1. The standard InChI is InChI=1S/C21H21N3/c1-2-24-12-11-16-14-7-4-6-10-19(14)23-20(16)21(24)17-13-22-18-9-5-3-8-15(17)18/h3-10,13,21-23H,2,11-12H2,1H3. The van der Waals surface area contributed by atoms with Crippen LogP contribution in [0.4, 0.5) is 0 Å². The molecule has 5 rings (SSSR count). The van der Waals surface area contributed by atoms with Crippen LogP contribution < -0.4 is 0 Å². The van der Waals surface area contributed by atoms with Crippen LogP contribution >= 0.6 is 0 Å². The molecule has 0 fully saturated rings. The van der Waals surface area contributed by atoms with Gasteiger partial charge in [0, 0.05) is 45.8 Å². The highest BCUT2D eigenvalue weighted by Gasteiger charge is 2.32. The largest absolute Gasteiger partial charge is 0.361 e. The second kappa shape index (κ2) is 5.25. The summed E-state index contributed by atoms with van der Waals surface area (Å²) in [5.74, 6) is 0. The summed E-state index contributed by atoms with van der Waals surface area (Å²) in [5, 5.41) is 2.71. The number of aromatic nitrogens is 2. The molecular formula is C21H21N3. The van der Waals surface area contributed by atoms with Gasteiger partial charge in [0.2, 0.25) is 0 Å². The zero-order valence-corrected chi connectivity index (χ0v) is 13.8. The number of benzene rings is 2. The quantitative estimate of drug-likeness (QED) is 0.556. The lowest BCUT2D eigenvalue weighted by Gasteiger charge is -2.35. The number of fused-ring (bicyclic) bond motifs is 4. The number of para-hydroxylation sites is 2. The van der Waals surface area contributed by atoms with Gasteiger partial charge < -0.3 is 9.97 Å². The van der Waals surface area contributed by atoms with Gasteiger partial charge in [-0.25, -0.2) is 0 Å². The summed E-state index contributed by atoms with van der Waals surface area (Å²) in [6.45, 7) is 4.42. The molecule has 0 spiro atoms. The highest BCUT2D eigenvalue weighted by molar-refractivity contribution is 5.87. The minimum absolute atomic E-state index is 0.294. The minimum Gasteiger partial charge on any atom is -0.361 e. The average Bonchev–Trinajstić information content (AvgIpc) is 3.22. The van der Waals surface area contributed by atoms with E-state index in [1.165, 1.54) is 38.6 Å². The third-order valence-corrected chi connectivity index (χ3v) is 5.46. The topological polar surface area (TPSA) is 34.8 Å². The molecule has 120 valence electrons. The van der Waals surface area contributed by atoms with Gasteiger partial charge in [0.1, 0.15) is 0 Å². The van der Waals surface area contributed by atoms with Gasteiger partial charge in [0.05, 0.1) is 6.04 Å². The first kappa shape index (κ1) is 13.9. The first-order valence-electron chi connectivity index (χ1n) is 8.76. The maximum atomic E-state index is 3.73. The first-order valence-corrected chi connectivity index (χ1v) is 8.76. The maximum Gasteiger partial charge on any atom is 0.0778 e. The molecule has 0 bridgehead atoms. The molecule has 4 aromatic rings. The van der Waals surface area contributed by atoms with Gasteiger partial charge in [-0.1, -0.05) is 43.3 Å². The van der Waals surface area contributed by atoms with Crippen LogP contribution in [0.1, 0.15) is 29.8 Å².